The van der Waals surface area contributed by atoms with Gasteiger partial charge in [-0.15, -0.1) is 13.2 Å². The maximum absolute atomic E-state index is 9.39. The van der Waals surface area contributed by atoms with E-state index in [4.69, 9.17) is 0 Å². The molecule has 7 nitrogen and oxygen atoms in total. The predicted octanol–water partition coefficient (Wildman–Crippen LogP) is -0.296. The van der Waals surface area contributed by atoms with Gasteiger partial charge in [-0.2, -0.15) is 0 Å². The summed E-state index contributed by atoms with van der Waals surface area (Å²) in [6, 6.07) is 0. The third kappa shape index (κ3) is 17.7. The minimum Gasteiger partial charge on any atom is -0.564 e. The fraction of sp³-hybridized carbons (Fsp3) is 0. The Kier molecular flexibility index (Phi) is 11.8. The molecule has 0 saturated carbocycles. The SMILES string of the molecule is C=C.O=[P+]([O-])OOO[P+](=O)[O-]. The zero-order valence-corrected chi connectivity index (χ0v) is 6.96. The van der Waals surface area contributed by atoms with Gasteiger partial charge in [-0.05, 0) is 9.13 Å². The van der Waals surface area contributed by atoms with Crippen LogP contribution in [0.5, 0.6) is 0 Å². The molecule has 2 atom stereocenters. The lowest BCUT2D eigenvalue weighted by Gasteiger charge is -1.82. The molecule has 9 heteroatoms. The quantitative estimate of drug-likeness (QED) is 0.266. The number of hydrogen-bond donors (Lipinski definition) is 0. The Morgan fingerprint density at radius 2 is 1.27 bits per heavy atom. The van der Waals surface area contributed by atoms with Crippen LogP contribution in [0.4, 0.5) is 0 Å². The Hall–Kier alpha value is -0.260. The van der Waals surface area contributed by atoms with Gasteiger partial charge in [-0.3, -0.25) is 0 Å². The average Bonchev–Trinajstić information content (AvgIpc) is 1.90. The van der Waals surface area contributed by atoms with E-state index in [0.29, 0.717) is 0 Å². The van der Waals surface area contributed by atoms with Gasteiger partial charge in [0.1, 0.15) is 0 Å². The third-order valence-electron chi connectivity index (χ3n) is 0.183. The van der Waals surface area contributed by atoms with E-state index in [2.05, 4.69) is 27.5 Å². The van der Waals surface area contributed by atoms with E-state index in [1.54, 1.807) is 0 Å². The molecule has 0 N–H and O–H groups in total. The molecule has 0 spiro atoms. The van der Waals surface area contributed by atoms with Crippen molar-refractivity contribution in [3.63, 3.8) is 0 Å². The lowest BCUT2D eigenvalue weighted by atomic mass is 11.3. The maximum atomic E-state index is 9.39. The standard InChI is InChI=1S/C2H4.O7P2/c1-2;1-8(2)6-5-7-9(3)4/h1-2H2;. The van der Waals surface area contributed by atoms with Crippen molar-refractivity contribution >= 4 is 16.5 Å². The molecule has 11 heavy (non-hydrogen) atoms. The van der Waals surface area contributed by atoms with E-state index in [1.807, 2.05) is 0 Å². The van der Waals surface area contributed by atoms with Gasteiger partial charge >= 0.3 is 16.5 Å². The molecule has 0 aliphatic carbocycles. The second-order valence-electron chi connectivity index (χ2n) is 0.664. The van der Waals surface area contributed by atoms with Crippen LogP contribution in [-0.2, 0) is 23.5 Å². The second kappa shape index (κ2) is 9.74. The lowest BCUT2D eigenvalue weighted by Crippen LogP contribution is -1.95. The third-order valence-corrected chi connectivity index (χ3v) is 0.548. The maximum Gasteiger partial charge on any atom is 0.525 e. The van der Waals surface area contributed by atoms with Gasteiger partial charge in [0.15, 0.2) is 0 Å². The highest BCUT2D eigenvalue weighted by Crippen LogP contribution is 2.15. The highest BCUT2D eigenvalue weighted by atomic mass is 31.1. The minimum atomic E-state index is -3.25. The second-order valence-corrected chi connectivity index (χ2v) is 1.86. The van der Waals surface area contributed by atoms with Crippen molar-refractivity contribution in [1.29, 1.82) is 0 Å². The molecule has 0 aliphatic heterocycles. The first kappa shape index (κ1) is 13.3. The molecule has 64 valence electrons. The van der Waals surface area contributed by atoms with Crippen LogP contribution < -0.4 is 9.79 Å². The normalized spacial score (nSPS) is 11.1. The van der Waals surface area contributed by atoms with E-state index in [1.165, 1.54) is 0 Å². The lowest BCUT2D eigenvalue weighted by molar-refractivity contribution is -0.440. The van der Waals surface area contributed by atoms with Crippen molar-refractivity contribution in [1.82, 2.24) is 0 Å². The Labute approximate surface area is 64.0 Å². The van der Waals surface area contributed by atoms with Crippen LogP contribution in [0.25, 0.3) is 0 Å². The molecule has 0 amide bonds. The summed E-state index contributed by atoms with van der Waals surface area (Å²) in [5.41, 5.74) is 0. The smallest absolute Gasteiger partial charge is 0.525 e. The molecule has 0 aromatic heterocycles. The predicted molar refractivity (Wildman–Crippen MR) is 29.7 cm³/mol. The van der Waals surface area contributed by atoms with Crippen molar-refractivity contribution < 1.29 is 33.3 Å². The zero-order chi connectivity index (χ0) is 9.28. The van der Waals surface area contributed by atoms with Crippen molar-refractivity contribution in [2.24, 2.45) is 0 Å². The zero-order valence-electron chi connectivity index (χ0n) is 5.17. The molecule has 0 bridgehead atoms. The Morgan fingerprint density at radius 3 is 1.45 bits per heavy atom. The van der Waals surface area contributed by atoms with Gasteiger partial charge in [0.25, 0.3) is 0 Å². The van der Waals surface area contributed by atoms with Crippen LogP contribution in [-0.4, -0.2) is 0 Å². The summed E-state index contributed by atoms with van der Waals surface area (Å²) in [6.07, 6.45) is 0. The van der Waals surface area contributed by atoms with Gasteiger partial charge in [-0.25, -0.2) is 0 Å². The minimum absolute atomic E-state index is 3.00. The first-order chi connectivity index (χ1) is 5.13. The Morgan fingerprint density at radius 1 is 1.00 bits per heavy atom. The topological polar surface area (TPSA) is 108 Å². The van der Waals surface area contributed by atoms with Crippen molar-refractivity contribution in [2.45, 2.75) is 0 Å². The van der Waals surface area contributed by atoms with Crippen LogP contribution in [0.1, 0.15) is 0 Å². The highest BCUT2D eigenvalue weighted by molar-refractivity contribution is 7.30. The summed E-state index contributed by atoms with van der Waals surface area (Å²) in [5, 5.41) is 3.16. The van der Waals surface area contributed by atoms with Crippen molar-refractivity contribution in [2.75, 3.05) is 0 Å². The molecule has 0 rings (SSSR count). The average molecular weight is 202 g/mol. The van der Waals surface area contributed by atoms with E-state index in [9.17, 15) is 18.9 Å². The summed E-state index contributed by atoms with van der Waals surface area (Å²) >= 11 is 0. The van der Waals surface area contributed by atoms with Crippen molar-refractivity contribution in [3.8, 4) is 0 Å². The molecule has 0 saturated heterocycles. The van der Waals surface area contributed by atoms with Gasteiger partial charge in [0.2, 0.25) is 0 Å². The van der Waals surface area contributed by atoms with E-state index in [0.717, 1.165) is 0 Å². The first-order valence-electron chi connectivity index (χ1n) is 1.93. The first-order valence-corrected chi connectivity index (χ1v) is 4.12. The molecule has 2 unspecified atom stereocenters. The summed E-state index contributed by atoms with van der Waals surface area (Å²) in [6.45, 7) is 6.00. The number of rotatable bonds is 4. The highest BCUT2D eigenvalue weighted by Gasteiger charge is 2.09. The van der Waals surface area contributed by atoms with Crippen molar-refractivity contribution in [3.05, 3.63) is 13.2 Å². The molecular weight excluding hydrogens is 198 g/mol. The summed E-state index contributed by atoms with van der Waals surface area (Å²) < 4.78 is 25.2. The summed E-state index contributed by atoms with van der Waals surface area (Å²) in [4.78, 5) is 18.8. The molecule has 0 heterocycles. The summed E-state index contributed by atoms with van der Waals surface area (Å²) in [7, 11) is -6.49. The number of hydrogen-bond acceptors (Lipinski definition) is 7. The van der Waals surface area contributed by atoms with E-state index in [-0.39, 0.29) is 0 Å². The Balaban J connectivity index is 0. The van der Waals surface area contributed by atoms with Gasteiger partial charge in [0, 0.05) is 5.04 Å². The molecule has 0 aromatic carbocycles. The largest absolute Gasteiger partial charge is 0.564 e. The van der Waals surface area contributed by atoms with Crippen LogP contribution in [0.2, 0.25) is 0 Å². The Bertz CT molecular complexity index is 120. The van der Waals surface area contributed by atoms with Crippen LogP contribution >= 0.6 is 16.5 Å². The molecule has 0 fully saturated rings. The fourth-order valence-corrected chi connectivity index (χ4v) is 0.272. The van der Waals surface area contributed by atoms with E-state index >= 15 is 0 Å². The summed E-state index contributed by atoms with van der Waals surface area (Å²) in [5.74, 6) is 0. The van der Waals surface area contributed by atoms with Crippen LogP contribution in [0, 0.1) is 0 Å². The van der Waals surface area contributed by atoms with E-state index < -0.39 is 16.5 Å². The molecule has 0 radical (unpaired) electrons. The van der Waals surface area contributed by atoms with Gasteiger partial charge in [0.05, 0.1) is 9.35 Å². The van der Waals surface area contributed by atoms with Gasteiger partial charge < -0.3 is 9.79 Å². The van der Waals surface area contributed by atoms with Crippen LogP contribution in [0.15, 0.2) is 13.2 Å². The fourth-order valence-electron chi connectivity index (χ4n) is 0.0633. The van der Waals surface area contributed by atoms with Crippen LogP contribution in [0.3, 0.4) is 0 Å². The molecular formula is C2H4O7P2. The molecule has 0 aromatic rings. The monoisotopic (exact) mass is 202 g/mol. The van der Waals surface area contributed by atoms with Gasteiger partial charge in [-0.1, -0.05) is 0 Å². The molecule has 0 aliphatic rings.